The molecule has 1 atom stereocenters. The Balaban J connectivity index is 0.00000392. The van der Waals surface area contributed by atoms with Gasteiger partial charge in [-0.1, -0.05) is 17.7 Å². The van der Waals surface area contributed by atoms with Crippen molar-refractivity contribution in [3.05, 3.63) is 50.5 Å². The SMILES string of the molecule is CN=C(NCCc1c(C)cc(C)cc1C)N(C)Cc1csc(C(C)OC)n1.I. The molecule has 5 nitrogen and oxygen atoms in total. The fraction of sp³-hybridized carbons (Fsp3) is 0.524. The minimum Gasteiger partial charge on any atom is -0.375 e. The van der Waals surface area contributed by atoms with Crippen LogP contribution in [0.4, 0.5) is 0 Å². The predicted molar refractivity (Wildman–Crippen MR) is 130 cm³/mol. The summed E-state index contributed by atoms with van der Waals surface area (Å²) in [5, 5.41) is 6.57. The van der Waals surface area contributed by atoms with Crippen LogP contribution in [0.5, 0.6) is 0 Å². The van der Waals surface area contributed by atoms with E-state index in [0.29, 0.717) is 0 Å². The first-order valence-corrected chi connectivity index (χ1v) is 10.2. The first kappa shape index (κ1) is 24.8. The molecule has 1 unspecified atom stereocenters. The summed E-state index contributed by atoms with van der Waals surface area (Å²) in [4.78, 5) is 11.2. The normalized spacial score (nSPS) is 12.5. The number of rotatable bonds is 7. The van der Waals surface area contributed by atoms with Gasteiger partial charge in [0.05, 0.1) is 12.2 Å². The van der Waals surface area contributed by atoms with Gasteiger partial charge in [-0.15, -0.1) is 35.3 Å². The van der Waals surface area contributed by atoms with E-state index in [-0.39, 0.29) is 30.1 Å². The van der Waals surface area contributed by atoms with Gasteiger partial charge in [0.15, 0.2) is 5.96 Å². The van der Waals surface area contributed by atoms with Crippen LogP contribution in [0.1, 0.15) is 46.0 Å². The minimum atomic E-state index is 0. The monoisotopic (exact) mass is 516 g/mol. The van der Waals surface area contributed by atoms with Crippen molar-refractivity contribution >= 4 is 41.3 Å². The van der Waals surface area contributed by atoms with Crippen LogP contribution >= 0.6 is 35.3 Å². The molecule has 7 heteroatoms. The van der Waals surface area contributed by atoms with E-state index in [9.17, 15) is 0 Å². The van der Waals surface area contributed by atoms with Gasteiger partial charge < -0.3 is 15.0 Å². The molecular weight excluding hydrogens is 483 g/mol. The Hall–Kier alpha value is -1.19. The van der Waals surface area contributed by atoms with Crippen LogP contribution in [0.3, 0.4) is 0 Å². The fourth-order valence-electron chi connectivity index (χ4n) is 3.29. The summed E-state index contributed by atoms with van der Waals surface area (Å²) in [7, 11) is 5.57. The molecule has 0 aliphatic carbocycles. The largest absolute Gasteiger partial charge is 0.375 e. The van der Waals surface area contributed by atoms with Crippen molar-refractivity contribution in [2.24, 2.45) is 4.99 Å². The standard InChI is InChI=1S/C21H32N4OS.HI/c1-14-10-15(2)19(16(3)11-14)8-9-23-21(22-5)25(6)12-18-13-27-20(24-18)17(4)26-7;/h10-11,13,17H,8-9,12H2,1-7H3,(H,22,23);1H. The zero-order valence-corrected chi connectivity index (χ0v) is 21.1. The summed E-state index contributed by atoms with van der Waals surface area (Å²) in [6, 6.07) is 4.51. The predicted octanol–water partition coefficient (Wildman–Crippen LogP) is 4.64. The molecule has 28 heavy (non-hydrogen) atoms. The third-order valence-corrected chi connectivity index (χ3v) is 5.80. The number of hydrogen-bond acceptors (Lipinski definition) is 4. The Morgan fingerprint density at radius 2 is 1.93 bits per heavy atom. The second kappa shape index (κ2) is 11.7. The summed E-state index contributed by atoms with van der Waals surface area (Å²) in [5.74, 6) is 0.881. The molecule has 0 radical (unpaired) electrons. The van der Waals surface area contributed by atoms with E-state index in [0.717, 1.165) is 36.2 Å². The molecule has 0 spiro atoms. The van der Waals surface area contributed by atoms with Gasteiger partial charge in [-0.25, -0.2) is 4.98 Å². The van der Waals surface area contributed by atoms with E-state index in [1.807, 2.05) is 21.0 Å². The topological polar surface area (TPSA) is 49.8 Å². The maximum atomic E-state index is 5.34. The fourth-order valence-corrected chi connectivity index (χ4v) is 4.13. The molecule has 1 N–H and O–H groups in total. The number of halogens is 1. The summed E-state index contributed by atoms with van der Waals surface area (Å²) in [6.07, 6.45) is 1.02. The Bertz CT molecular complexity index is 767. The Morgan fingerprint density at radius 1 is 1.29 bits per heavy atom. The Labute approximate surface area is 190 Å². The highest BCUT2D eigenvalue weighted by Crippen LogP contribution is 2.21. The number of nitrogens with zero attached hydrogens (tertiary/aromatic N) is 3. The Kier molecular flexibility index (Phi) is 10.4. The molecule has 1 aromatic heterocycles. The highest BCUT2D eigenvalue weighted by atomic mass is 127. The van der Waals surface area contributed by atoms with Gasteiger partial charge in [0.1, 0.15) is 11.1 Å². The van der Waals surface area contributed by atoms with E-state index in [4.69, 9.17) is 4.74 Å². The van der Waals surface area contributed by atoms with Gasteiger partial charge in [-0.05, 0) is 50.8 Å². The lowest BCUT2D eigenvalue weighted by molar-refractivity contribution is 0.119. The van der Waals surface area contributed by atoms with E-state index >= 15 is 0 Å². The van der Waals surface area contributed by atoms with Crippen LogP contribution < -0.4 is 5.32 Å². The number of hydrogen-bond donors (Lipinski definition) is 1. The second-order valence-electron chi connectivity index (χ2n) is 7.01. The molecule has 0 saturated carbocycles. The Morgan fingerprint density at radius 3 is 2.50 bits per heavy atom. The molecule has 0 bridgehead atoms. The summed E-state index contributed by atoms with van der Waals surface area (Å²) in [5.41, 5.74) is 6.50. The number of ether oxygens (including phenoxy) is 1. The number of benzene rings is 1. The van der Waals surface area contributed by atoms with Crippen molar-refractivity contribution in [3.63, 3.8) is 0 Å². The molecule has 0 amide bonds. The lowest BCUT2D eigenvalue weighted by Crippen LogP contribution is -2.39. The molecule has 0 saturated heterocycles. The van der Waals surface area contributed by atoms with Crippen LogP contribution in [-0.4, -0.2) is 43.6 Å². The average molecular weight is 516 g/mol. The molecule has 1 heterocycles. The van der Waals surface area contributed by atoms with Crippen LogP contribution in [-0.2, 0) is 17.7 Å². The van der Waals surface area contributed by atoms with Crippen molar-refractivity contribution in [1.29, 1.82) is 0 Å². The zero-order chi connectivity index (χ0) is 20.0. The summed E-state index contributed by atoms with van der Waals surface area (Å²) in [6.45, 7) is 10.1. The van der Waals surface area contributed by atoms with E-state index in [1.54, 1.807) is 18.4 Å². The van der Waals surface area contributed by atoms with Crippen molar-refractivity contribution in [1.82, 2.24) is 15.2 Å². The van der Waals surface area contributed by atoms with Crippen LogP contribution in [0.2, 0.25) is 0 Å². The number of guanidine groups is 1. The second-order valence-corrected chi connectivity index (χ2v) is 7.90. The van der Waals surface area contributed by atoms with Crippen LogP contribution in [0.25, 0.3) is 0 Å². The lowest BCUT2D eigenvalue weighted by atomic mass is 9.97. The molecule has 0 aliphatic rings. The van der Waals surface area contributed by atoms with Gasteiger partial charge in [-0.3, -0.25) is 4.99 Å². The third-order valence-electron chi connectivity index (χ3n) is 4.74. The highest BCUT2D eigenvalue weighted by molar-refractivity contribution is 14.0. The average Bonchev–Trinajstić information content (AvgIpc) is 3.08. The van der Waals surface area contributed by atoms with E-state index < -0.39 is 0 Å². The van der Waals surface area contributed by atoms with Gasteiger partial charge in [0.25, 0.3) is 0 Å². The number of methoxy groups -OCH3 is 1. The van der Waals surface area contributed by atoms with Crippen molar-refractivity contribution in [2.75, 3.05) is 27.7 Å². The number of aromatic nitrogens is 1. The molecule has 2 rings (SSSR count). The van der Waals surface area contributed by atoms with Crippen molar-refractivity contribution in [3.8, 4) is 0 Å². The van der Waals surface area contributed by atoms with Crippen LogP contribution in [0.15, 0.2) is 22.5 Å². The highest BCUT2D eigenvalue weighted by Gasteiger charge is 2.13. The minimum absolute atomic E-state index is 0. The molecule has 156 valence electrons. The lowest BCUT2D eigenvalue weighted by Gasteiger charge is -2.21. The first-order valence-electron chi connectivity index (χ1n) is 9.31. The van der Waals surface area contributed by atoms with Gasteiger partial charge in [0, 0.05) is 33.1 Å². The van der Waals surface area contributed by atoms with Gasteiger partial charge >= 0.3 is 0 Å². The van der Waals surface area contributed by atoms with Crippen molar-refractivity contribution < 1.29 is 4.74 Å². The number of thiazole rings is 1. The molecule has 0 aliphatic heterocycles. The smallest absolute Gasteiger partial charge is 0.193 e. The number of aliphatic imine (C=N–C) groups is 1. The number of aryl methyl sites for hydroxylation is 3. The van der Waals surface area contributed by atoms with E-state index in [1.165, 1.54) is 22.3 Å². The zero-order valence-electron chi connectivity index (χ0n) is 18.0. The molecular formula is C21H33IN4OS. The molecule has 1 aromatic carbocycles. The third kappa shape index (κ3) is 6.70. The summed E-state index contributed by atoms with van der Waals surface area (Å²) >= 11 is 1.64. The molecule has 0 fully saturated rings. The summed E-state index contributed by atoms with van der Waals surface area (Å²) < 4.78 is 5.34. The molecule has 2 aromatic rings. The maximum Gasteiger partial charge on any atom is 0.193 e. The van der Waals surface area contributed by atoms with Gasteiger partial charge in [-0.2, -0.15) is 0 Å². The van der Waals surface area contributed by atoms with E-state index in [2.05, 4.69) is 58.5 Å². The quantitative estimate of drug-likeness (QED) is 0.331. The maximum absolute atomic E-state index is 5.34. The van der Waals surface area contributed by atoms with Crippen molar-refractivity contribution in [2.45, 2.75) is 46.8 Å². The van der Waals surface area contributed by atoms with Gasteiger partial charge in [0.2, 0.25) is 0 Å². The van der Waals surface area contributed by atoms with Crippen LogP contribution in [0, 0.1) is 20.8 Å². The first-order chi connectivity index (χ1) is 12.8. The number of nitrogens with one attached hydrogen (secondary N) is 1.